The molecule has 0 unspecified atom stereocenters. The third-order valence-corrected chi connectivity index (χ3v) is 5.90. The number of benzene rings is 2. The Morgan fingerprint density at radius 2 is 1.88 bits per heavy atom. The molecule has 0 aliphatic carbocycles. The third kappa shape index (κ3) is 3.99. The predicted molar refractivity (Wildman–Crippen MR) is 130 cm³/mol. The Hall–Kier alpha value is -4.53. The van der Waals surface area contributed by atoms with Gasteiger partial charge in [-0.2, -0.15) is 10.2 Å². The minimum Gasteiger partial charge on any atom is -0.345 e. The fourth-order valence-electron chi connectivity index (χ4n) is 3.96. The maximum atomic E-state index is 13.1. The molecule has 5 rings (SSSR count). The number of hydrogen-bond donors (Lipinski definition) is 3. The second-order valence-corrected chi connectivity index (χ2v) is 8.16. The van der Waals surface area contributed by atoms with Gasteiger partial charge in [-0.15, -0.1) is 0 Å². The number of aryl methyl sites for hydroxylation is 2. The van der Waals surface area contributed by atoms with Crippen molar-refractivity contribution in [2.24, 2.45) is 0 Å². The van der Waals surface area contributed by atoms with Crippen molar-refractivity contribution in [2.45, 2.75) is 26.8 Å². The lowest BCUT2D eigenvalue weighted by atomic mass is 10.1. The Morgan fingerprint density at radius 1 is 1.06 bits per heavy atom. The van der Waals surface area contributed by atoms with Crippen LogP contribution in [-0.4, -0.2) is 35.7 Å². The summed E-state index contributed by atoms with van der Waals surface area (Å²) in [7, 11) is 0. The van der Waals surface area contributed by atoms with E-state index < -0.39 is 0 Å². The van der Waals surface area contributed by atoms with E-state index >= 15 is 0 Å². The van der Waals surface area contributed by atoms with E-state index in [-0.39, 0.29) is 11.9 Å². The highest BCUT2D eigenvalue weighted by Crippen LogP contribution is 2.29. The molecule has 5 aromatic rings. The average molecular weight is 453 g/mol. The number of nitrogens with zero attached hydrogens (tertiary/aromatic N) is 5. The van der Waals surface area contributed by atoms with E-state index in [1.54, 1.807) is 10.7 Å². The van der Waals surface area contributed by atoms with Crippen LogP contribution in [0.2, 0.25) is 0 Å². The van der Waals surface area contributed by atoms with Gasteiger partial charge in [-0.25, -0.2) is 14.5 Å². The van der Waals surface area contributed by atoms with Crippen molar-refractivity contribution in [1.29, 1.82) is 0 Å². The number of rotatable bonds is 6. The molecular formula is C25H24N8O. The SMILES string of the molecule is Cc1ccc(-c2ncn[nH]2)cc1Nc1ncnn2cc(C(=O)N[C@@H](C)c3ccccc3)c(C)c12. The van der Waals surface area contributed by atoms with E-state index in [4.69, 9.17) is 0 Å². The molecule has 1 amide bonds. The van der Waals surface area contributed by atoms with E-state index in [1.165, 1.54) is 12.7 Å². The number of anilines is 2. The maximum Gasteiger partial charge on any atom is 0.253 e. The van der Waals surface area contributed by atoms with E-state index in [2.05, 4.69) is 35.9 Å². The number of aromatic amines is 1. The number of hydrogen-bond acceptors (Lipinski definition) is 6. The van der Waals surface area contributed by atoms with Gasteiger partial charge in [0.05, 0.1) is 11.6 Å². The predicted octanol–water partition coefficient (Wildman–Crippen LogP) is 4.37. The van der Waals surface area contributed by atoms with Gasteiger partial charge in [-0.05, 0) is 43.5 Å². The lowest BCUT2D eigenvalue weighted by molar-refractivity contribution is 0.0939. The summed E-state index contributed by atoms with van der Waals surface area (Å²) in [4.78, 5) is 21.8. The second kappa shape index (κ2) is 8.78. The minimum atomic E-state index is -0.159. The van der Waals surface area contributed by atoms with E-state index in [0.29, 0.717) is 17.2 Å². The summed E-state index contributed by atoms with van der Waals surface area (Å²) in [6.07, 6.45) is 4.69. The summed E-state index contributed by atoms with van der Waals surface area (Å²) in [6, 6.07) is 15.7. The van der Waals surface area contributed by atoms with Gasteiger partial charge in [0.15, 0.2) is 11.6 Å². The number of amides is 1. The van der Waals surface area contributed by atoms with E-state index in [9.17, 15) is 4.79 Å². The summed E-state index contributed by atoms with van der Waals surface area (Å²) in [5, 5.41) is 17.6. The van der Waals surface area contributed by atoms with Gasteiger partial charge in [-0.3, -0.25) is 9.89 Å². The fraction of sp³-hybridized carbons (Fsp3) is 0.160. The average Bonchev–Trinajstić information content (AvgIpc) is 3.50. The van der Waals surface area contributed by atoms with Crippen LogP contribution >= 0.6 is 0 Å². The molecule has 3 heterocycles. The van der Waals surface area contributed by atoms with Gasteiger partial charge in [-0.1, -0.05) is 42.5 Å². The van der Waals surface area contributed by atoms with Gasteiger partial charge in [0.25, 0.3) is 5.91 Å². The highest BCUT2D eigenvalue weighted by atomic mass is 16.1. The zero-order valence-electron chi connectivity index (χ0n) is 19.1. The summed E-state index contributed by atoms with van der Waals surface area (Å²) >= 11 is 0. The monoisotopic (exact) mass is 452 g/mol. The molecular weight excluding hydrogens is 428 g/mol. The first-order chi connectivity index (χ1) is 16.5. The molecule has 0 saturated carbocycles. The van der Waals surface area contributed by atoms with Crippen LogP contribution in [0.4, 0.5) is 11.5 Å². The zero-order valence-corrected chi connectivity index (χ0v) is 19.1. The molecule has 0 aliphatic heterocycles. The van der Waals surface area contributed by atoms with Crippen molar-refractivity contribution in [3.8, 4) is 11.4 Å². The van der Waals surface area contributed by atoms with Crippen LogP contribution in [0.1, 0.15) is 40.0 Å². The Balaban J connectivity index is 1.46. The normalized spacial score (nSPS) is 12.0. The molecule has 3 N–H and O–H groups in total. The molecule has 9 heteroatoms. The lowest BCUT2D eigenvalue weighted by Crippen LogP contribution is -2.26. The first kappa shape index (κ1) is 21.3. The summed E-state index contributed by atoms with van der Waals surface area (Å²) in [5.74, 6) is 1.13. The summed E-state index contributed by atoms with van der Waals surface area (Å²) in [6.45, 7) is 5.89. The quantitative estimate of drug-likeness (QED) is 0.353. The van der Waals surface area contributed by atoms with Crippen molar-refractivity contribution in [3.63, 3.8) is 0 Å². The van der Waals surface area contributed by atoms with Gasteiger partial charge in [0.1, 0.15) is 18.2 Å². The highest BCUT2D eigenvalue weighted by Gasteiger charge is 2.20. The second-order valence-electron chi connectivity index (χ2n) is 8.16. The zero-order chi connectivity index (χ0) is 23.7. The van der Waals surface area contributed by atoms with Crippen LogP contribution in [0.5, 0.6) is 0 Å². The standard InChI is InChI=1S/C25H24N8O/c1-15-9-10-19(23-26-13-28-32-23)11-21(15)31-24-22-16(2)20(12-33(22)29-14-27-24)25(34)30-17(3)18-7-5-4-6-8-18/h4-14,17H,1-3H3,(H,30,34)(H,26,28,32)(H,27,29,31)/t17-/m0/s1. The van der Waals surface area contributed by atoms with Crippen LogP contribution < -0.4 is 10.6 Å². The fourth-order valence-corrected chi connectivity index (χ4v) is 3.96. The van der Waals surface area contributed by atoms with Crippen LogP contribution in [0.25, 0.3) is 16.9 Å². The number of nitrogens with one attached hydrogen (secondary N) is 3. The van der Waals surface area contributed by atoms with Gasteiger partial charge >= 0.3 is 0 Å². The van der Waals surface area contributed by atoms with Crippen molar-refractivity contribution >= 4 is 22.9 Å². The largest absolute Gasteiger partial charge is 0.345 e. The number of carbonyl (C=O) groups excluding carboxylic acids is 1. The number of aromatic nitrogens is 6. The van der Waals surface area contributed by atoms with Crippen LogP contribution in [0.15, 0.2) is 67.4 Å². The van der Waals surface area contributed by atoms with Crippen molar-refractivity contribution in [1.82, 2.24) is 35.1 Å². The van der Waals surface area contributed by atoms with Gasteiger partial charge in [0.2, 0.25) is 0 Å². The first-order valence-electron chi connectivity index (χ1n) is 10.9. The number of fused-ring (bicyclic) bond motifs is 1. The van der Waals surface area contributed by atoms with Crippen molar-refractivity contribution in [2.75, 3.05) is 5.32 Å². The van der Waals surface area contributed by atoms with E-state index in [1.807, 2.05) is 69.3 Å². The number of carbonyl (C=O) groups is 1. The van der Waals surface area contributed by atoms with Crippen molar-refractivity contribution < 1.29 is 4.79 Å². The Bertz CT molecular complexity index is 1460. The molecule has 0 bridgehead atoms. The molecule has 2 aromatic carbocycles. The van der Waals surface area contributed by atoms with Crippen LogP contribution in [0.3, 0.4) is 0 Å². The Labute approximate surface area is 196 Å². The smallest absolute Gasteiger partial charge is 0.253 e. The molecule has 170 valence electrons. The van der Waals surface area contributed by atoms with Crippen LogP contribution in [0, 0.1) is 13.8 Å². The molecule has 0 saturated heterocycles. The molecule has 0 fully saturated rings. The van der Waals surface area contributed by atoms with E-state index in [0.717, 1.165) is 33.5 Å². The molecule has 0 radical (unpaired) electrons. The topological polar surface area (TPSA) is 113 Å². The molecule has 3 aromatic heterocycles. The Morgan fingerprint density at radius 3 is 2.65 bits per heavy atom. The van der Waals surface area contributed by atoms with Gasteiger partial charge in [0, 0.05) is 17.4 Å². The maximum absolute atomic E-state index is 13.1. The molecule has 0 aliphatic rings. The molecule has 9 nitrogen and oxygen atoms in total. The summed E-state index contributed by atoms with van der Waals surface area (Å²) < 4.78 is 1.68. The van der Waals surface area contributed by atoms with Crippen LogP contribution in [-0.2, 0) is 0 Å². The minimum absolute atomic E-state index is 0.124. The van der Waals surface area contributed by atoms with Crippen molar-refractivity contribution in [3.05, 3.63) is 89.6 Å². The Kier molecular flexibility index (Phi) is 5.51. The van der Waals surface area contributed by atoms with Gasteiger partial charge < -0.3 is 10.6 Å². The summed E-state index contributed by atoms with van der Waals surface area (Å²) in [5.41, 5.74) is 5.95. The number of H-pyrrole nitrogens is 1. The third-order valence-electron chi connectivity index (χ3n) is 5.90. The highest BCUT2D eigenvalue weighted by molar-refractivity contribution is 5.99. The molecule has 0 spiro atoms. The lowest BCUT2D eigenvalue weighted by Gasteiger charge is -2.14. The first-order valence-corrected chi connectivity index (χ1v) is 10.9. The molecule has 1 atom stereocenters. The molecule has 34 heavy (non-hydrogen) atoms.